The molecular weight excluding hydrogens is 222 g/mol. The number of halogens is 2. The summed E-state index contributed by atoms with van der Waals surface area (Å²) in [5.41, 5.74) is 0.401. The highest BCUT2D eigenvalue weighted by Gasteiger charge is 2.28. The normalized spacial score (nSPS) is 26.1. The molecule has 0 amide bonds. The summed E-state index contributed by atoms with van der Waals surface area (Å²) in [5, 5.41) is 10.1. The quantitative estimate of drug-likeness (QED) is 0.859. The lowest BCUT2D eigenvalue weighted by Gasteiger charge is -2.18. The van der Waals surface area contributed by atoms with Crippen molar-refractivity contribution < 1.29 is 13.9 Å². The average molecular weight is 240 g/mol. The molecule has 0 spiro atoms. The smallest absolute Gasteiger partial charge is 0.129 e. The zero-order chi connectivity index (χ0) is 12.4. The Balaban J connectivity index is 2.00. The van der Waals surface area contributed by atoms with Gasteiger partial charge in [0.2, 0.25) is 0 Å². The standard InChI is InChI=1S/C14H18F2O/c1-9-2-3-11(6-9)14(17)7-10-4-5-12(15)8-13(10)16/h4-5,8-9,11,14,17H,2-3,6-7H2,1H3. The maximum absolute atomic E-state index is 13.4. The second kappa shape index (κ2) is 5.13. The molecular formula is C14H18F2O. The third kappa shape index (κ3) is 3.03. The van der Waals surface area contributed by atoms with Gasteiger partial charge >= 0.3 is 0 Å². The van der Waals surface area contributed by atoms with Crippen molar-refractivity contribution in [2.75, 3.05) is 0 Å². The van der Waals surface area contributed by atoms with Gasteiger partial charge in [0, 0.05) is 12.5 Å². The van der Waals surface area contributed by atoms with Crippen LogP contribution >= 0.6 is 0 Å². The largest absolute Gasteiger partial charge is 0.392 e. The number of aliphatic hydroxyl groups is 1. The van der Waals surface area contributed by atoms with E-state index in [1.54, 1.807) is 0 Å². The second-order valence-corrected chi connectivity index (χ2v) is 5.19. The van der Waals surface area contributed by atoms with Crippen molar-refractivity contribution in [1.29, 1.82) is 0 Å². The predicted octanol–water partition coefficient (Wildman–Crippen LogP) is 3.30. The van der Waals surface area contributed by atoms with Crippen molar-refractivity contribution in [3.05, 3.63) is 35.4 Å². The van der Waals surface area contributed by atoms with Gasteiger partial charge in [-0.1, -0.05) is 19.4 Å². The molecule has 1 saturated carbocycles. The van der Waals surface area contributed by atoms with Gasteiger partial charge in [0.1, 0.15) is 11.6 Å². The molecule has 3 atom stereocenters. The van der Waals surface area contributed by atoms with Crippen LogP contribution in [0.15, 0.2) is 18.2 Å². The fraction of sp³-hybridized carbons (Fsp3) is 0.571. The van der Waals surface area contributed by atoms with Crippen LogP contribution < -0.4 is 0 Å². The van der Waals surface area contributed by atoms with E-state index in [0.717, 1.165) is 25.3 Å². The van der Waals surface area contributed by atoms with Gasteiger partial charge in [0.15, 0.2) is 0 Å². The van der Waals surface area contributed by atoms with Gasteiger partial charge in [-0.25, -0.2) is 8.78 Å². The van der Waals surface area contributed by atoms with Crippen LogP contribution in [0.3, 0.4) is 0 Å². The molecule has 1 aliphatic rings. The van der Waals surface area contributed by atoms with Crippen molar-refractivity contribution in [3.63, 3.8) is 0 Å². The number of hydrogen-bond donors (Lipinski definition) is 1. The minimum Gasteiger partial charge on any atom is -0.392 e. The topological polar surface area (TPSA) is 20.2 Å². The van der Waals surface area contributed by atoms with E-state index in [0.29, 0.717) is 11.5 Å². The minimum absolute atomic E-state index is 0.259. The Morgan fingerprint density at radius 1 is 1.35 bits per heavy atom. The molecule has 1 aromatic carbocycles. The number of rotatable bonds is 3. The SMILES string of the molecule is CC1CCC(C(O)Cc2ccc(F)cc2F)C1. The zero-order valence-electron chi connectivity index (χ0n) is 10.00. The maximum Gasteiger partial charge on any atom is 0.129 e. The number of hydrogen-bond acceptors (Lipinski definition) is 1. The lowest BCUT2D eigenvalue weighted by Crippen LogP contribution is -2.21. The van der Waals surface area contributed by atoms with Crippen molar-refractivity contribution in [2.24, 2.45) is 11.8 Å². The van der Waals surface area contributed by atoms with Gasteiger partial charge in [-0.2, -0.15) is 0 Å². The molecule has 2 rings (SSSR count). The zero-order valence-corrected chi connectivity index (χ0v) is 10.00. The molecule has 0 aliphatic heterocycles. The molecule has 0 radical (unpaired) electrons. The molecule has 1 N–H and O–H groups in total. The van der Waals surface area contributed by atoms with Crippen LogP contribution in [0, 0.1) is 23.5 Å². The number of benzene rings is 1. The van der Waals surface area contributed by atoms with E-state index in [2.05, 4.69) is 6.92 Å². The van der Waals surface area contributed by atoms with Crippen LogP contribution in [0.25, 0.3) is 0 Å². The highest BCUT2D eigenvalue weighted by molar-refractivity contribution is 5.19. The maximum atomic E-state index is 13.4. The Morgan fingerprint density at radius 2 is 2.12 bits per heavy atom. The fourth-order valence-corrected chi connectivity index (χ4v) is 2.68. The van der Waals surface area contributed by atoms with E-state index < -0.39 is 17.7 Å². The summed E-state index contributed by atoms with van der Waals surface area (Å²) in [4.78, 5) is 0. The van der Waals surface area contributed by atoms with Gasteiger partial charge < -0.3 is 5.11 Å². The molecule has 0 saturated heterocycles. The van der Waals surface area contributed by atoms with Crippen LogP contribution in [-0.2, 0) is 6.42 Å². The third-order valence-electron chi connectivity index (χ3n) is 3.72. The second-order valence-electron chi connectivity index (χ2n) is 5.19. The first kappa shape index (κ1) is 12.5. The summed E-state index contributed by atoms with van der Waals surface area (Å²) in [7, 11) is 0. The van der Waals surface area contributed by atoms with Gasteiger partial charge in [-0.15, -0.1) is 0 Å². The van der Waals surface area contributed by atoms with Crippen molar-refractivity contribution >= 4 is 0 Å². The van der Waals surface area contributed by atoms with E-state index in [1.807, 2.05) is 0 Å². The molecule has 1 aliphatic carbocycles. The van der Waals surface area contributed by atoms with E-state index in [4.69, 9.17) is 0 Å². The Kier molecular flexibility index (Phi) is 3.77. The Morgan fingerprint density at radius 3 is 2.71 bits per heavy atom. The molecule has 3 heteroatoms. The van der Waals surface area contributed by atoms with Crippen molar-refractivity contribution in [1.82, 2.24) is 0 Å². The molecule has 1 fully saturated rings. The Hall–Kier alpha value is -0.960. The molecule has 3 unspecified atom stereocenters. The molecule has 0 heterocycles. The summed E-state index contributed by atoms with van der Waals surface area (Å²) < 4.78 is 26.2. The predicted molar refractivity (Wildman–Crippen MR) is 62.6 cm³/mol. The highest BCUT2D eigenvalue weighted by Crippen LogP contribution is 2.33. The van der Waals surface area contributed by atoms with Crippen LogP contribution in [0.4, 0.5) is 8.78 Å². The minimum atomic E-state index is -0.574. The summed E-state index contributed by atoms with van der Waals surface area (Å²) in [6.45, 7) is 2.17. The van der Waals surface area contributed by atoms with E-state index in [9.17, 15) is 13.9 Å². The first-order valence-electron chi connectivity index (χ1n) is 6.18. The Bertz CT molecular complexity index is 392. The van der Waals surface area contributed by atoms with Crippen LogP contribution in [0.1, 0.15) is 31.7 Å². The summed E-state index contributed by atoms with van der Waals surface area (Å²) in [5.74, 6) is -0.229. The Labute approximate surface area is 100 Å². The third-order valence-corrected chi connectivity index (χ3v) is 3.72. The fourth-order valence-electron chi connectivity index (χ4n) is 2.68. The van der Waals surface area contributed by atoms with Gasteiger partial charge in [-0.3, -0.25) is 0 Å². The summed E-state index contributed by atoms with van der Waals surface area (Å²) in [6, 6.07) is 3.54. The monoisotopic (exact) mass is 240 g/mol. The average Bonchev–Trinajstić information content (AvgIpc) is 2.69. The molecule has 1 aromatic rings. The van der Waals surface area contributed by atoms with Crippen LogP contribution in [0.5, 0.6) is 0 Å². The van der Waals surface area contributed by atoms with E-state index in [1.165, 1.54) is 12.1 Å². The molecule has 94 valence electrons. The molecule has 1 nitrogen and oxygen atoms in total. The van der Waals surface area contributed by atoms with Gasteiger partial charge in [0.05, 0.1) is 6.10 Å². The molecule has 0 bridgehead atoms. The molecule has 0 aromatic heterocycles. The number of aliphatic hydroxyl groups excluding tert-OH is 1. The van der Waals surface area contributed by atoms with E-state index >= 15 is 0 Å². The summed E-state index contributed by atoms with van der Waals surface area (Å²) >= 11 is 0. The lowest BCUT2D eigenvalue weighted by atomic mass is 9.94. The van der Waals surface area contributed by atoms with Crippen molar-refractivity contribution in [2.45, 2.75) is 38.7 Å². The summed E-state index contributed by atoms with van der Waals surface area (Å²) in [6.07, 6.45) is 2.91. The van der Waals surface area contributed by atoms with E-state index in [-0.39, 0.29) is 12.3 Å². The lowest BCUT2D eigenvalue weighted by molar-refractivity contribution is 0.108. The first-order chi connectivity index (χ1) is 8.06. The van der Waals surface area contributed by atoms with Crippen LogP contribution in [0.2, 0.25) is 0 Å². The molecule has 17 heavy (non-hydrogen) atoms. The highest BCUT2D eigenvalue weighted by atomic mass is 19.1. The van der Waals surface area contributed by atoms with Gasteiger partial charge in [0.25, 0.3) is 0 Å². The van der Waals surface area contributed by atoms with Crippen molar-refractivity contribution in [3.8, 4) is 0 Å². The first-order valence-corrected chi connectivity index (χ1v) is 6.18. The van der Waals surface area contributed by atoms with Crippen LogP contribution in [-0.4, -0.2) is 11.2 Å². The van der Waals surface area contributed by atoms with Gasteiger partial charge in [-0.05, 0) is 36.3 Å².